The maximum absolute atomic E-state index is 11.8. The Kier molecular flexibility index (Phi) is 5.57. The Hall–Kier alpha value is 0.200. The monoisotopic (exact) mass is 349 g/mol. The van der Waals surface area contributed by atoms with Gasteiger partial charge in [0.25, 0.3) is 0 Å². The van der Waals surface area contributed by atoms with E-state index >= 15 is 0 Å². The first-order valence-electron chi connectivity index (χ1n) is 7.12. The molecule has 0 aromatic carbocycles. The second kappa shape index (κ2) is 6.95. The van der Waals surface area contributed by atoms with Crippen molar-refractivity contribution in [2.75, 3.05) is 11.0 Å². The summed E-state index contributed by atoms with van der Waals surface area (Å²) in [6.45, 7) is 0.885. The van der Waals surface area contributed by atoms with Crippen LogP contribution in [0.2, 0.25) is 0 Å². The molecule has 1 amide bonds. The fraction of sp³-hybridized carbons (Fsp3) is 0.929. The van der Waals surface area contributed by atoms with Gasteiger partial charge in [-0.05, 0) is 54.3 Å². The lowest BCUT2D eigenvalue weighted by molar-refractivity contribution is -0.122. The standard InChI is InChI=1S/C14H24INO/c15-6-2-1-3-7-16-14(17)10-13-9-11-4-5-12(13)8-11/h11-13H,1-10H2,(H,16,17). The molecule has 3 unspecified atom stereocenters. The number of carbonyl (C=O) groups excluding carboxylic acids is 1. The lowest BCUT2D eigenvalue weighted by Gasteiger charge is -2.20. The number of nitrogens with one attached hydrogen (secondary N) is 1. The largest absolute Gasteiger partial charge is 0.356 e. The van der Waals surface area contributed by atoms with Crippen LogP contribution in [0.3, 0.4) is 0 Å². The van der Waals surface area contributed by atoms with E-state index in [1.807, 2.05) is 0 Å². The van der Waals surface area contributed by atoms with Crippen LogP contribution in [-0.2, 0) is 4.79 Å². The molecule has 2 saturated carbocycles. The predicted octanol–water partition coefficient (Wildman–Crippen LogP) is 3.53. The van der Waals surface area contributed by atoms with Crippen LogP contribution in [0.1, 0.15) is 51.4 Å². The summed E-state index contributed by atoms with van der Waals surface area (Å²) >= 11 is 2.41. The molecule has 3 atom stereocenters. The molecule has 0 aliphatic heterocycles. The van der Waals surface area contributed by atoms with Gasteiger partial charge in [-0.15, -0.1) is 0 Å². The average Bonchev–Trinajstić information content (AvgIpc) is 2.90. The highest BCUT2D eigenvalue weighted by atomic mass is 127. The van der Waals surface area contributed by atoms with Crippen molar-refractivity contribution in [1.82, 2.24) is 5.32 Å². The minimum Gasteiger partial charge on any atom is -0.356 e. The summed E-state index contributed by atoms with van der Waals surface area (Å²) in [4.78, 5) is 11.8. The zero-order chi connectivity index (χ0) is 12.1. The van der Waals surface area contributed by atoms with Gasteiger partial charge < -0.3 is 5.32 Å². The minimum atomic E-state index is 0.303. The molecule has 2 fully saturated rings. The summed E-state index contributed by atoms with van der Waals surface area (Å²) in [5, 5.41) is 3.09. The van der Waals surface area contributed by atoms with Gasteiger partial charge in [0.2, 0.25) is 5.91 Å². The van der Waals surface area contributed by atoms with Gasteiger partial charge in [-0.3, -0.25) is 4.79 Å². The summed E-state index contributed by atoms with van der Waals surface area (Å²) in [5.74, 6) is 2.85. The maximum atomic E-state index is 11.8. The summed E-state index contributed by atoms with van der Waals surface area (Å²) in [6.07, 6.45) is 10.0. The van der Waals surface area contributed by atoms with Gasteiger partial charge in [0, 0.05) is 13.0 Å². The maximum Gasteiger partial charge on any atom is 0.220 e. The minimum absolute atomic E-state index is 0.303. The molecule has 1 N–H and O–H groups in total. The first kappa shape index (κ1) is 13.6. The fourth-order valence-corrected chi connectivity index (χ4v) is 4.10. The van der Waals surface area contributed by atoms with E-state index in [2.05, 4.69) is 27.9 Å². The molecular weight excluding hydrogens is 325 g/mol. The third-order valence-electron chi connectivity index (χ3n) is 4.46. The van der Waals surface area contributed by atoms with Crippen LogP contribution >= 0.6 is 22.6 Å². The lowest BCUT2D eigenvalue weighted by atomic mass is 9.86. The molecule has 0 radical (unpaired) electrons. The van der Waals surface area contributed by atoms with Crippen LogP contribution in [0.4, 0.5) is 0 Å². The Morgan fingerprint density at radius 3 is 2.71 bits per heavy atom. The van der Waals surface area contributed by atoms with Crippen molar-refractivity contribution in [3.63, 3.8) is 0 Å². The zero-order valence-electron chi connectivity index (χ0n) is 10.6. The van der Waals surface area contributed by atoms with Crippen molar-refractivity contribution in [1.29, 1.82) is 0 Å². The van der Waals surface area contributed by atoms with Crippen molar-refractivity contribution in [3.8, 4) is 0 Å². The van der Waals surface area contributed by atoms with E-state index in [-0.39, 0.29) is 0 Å². The van der Waals surface area contributed by atoms with Gasteiger partial charge in [0.05, 0.1) is 0 Å². The molecule has 0 saturated heterocycles. The molecule has 2 bridgehead atoms. The SMILES string of the molecule is O=C(CC1CC2CCC1C2)NCCCCCI. The molecule has 0 aromatic heterocycles. The Labute approximate surface area is 118 Å². The number of fused-ring (bicyclic) bond motifs is 2. The zero-order valence-corrected chi connectivity index (χ0v) is 12.7. The molecule has 2 aliphatic carbocycles. The van der Waals surface area contributed by atoms with Gasteiger partial charge in [0.15, 0.2) is 0 Å². The Morgan fingerprint density at radius 2 is 2.06 bits per heavy atom. The van der Waals surface area contributed by atoms with Gasteiger partial charge in [-0.1, -0.05) is 35.4 Å². The number of carbonyl (C=O) groups is 1. The quantitative estimate of drug-likeness (QED) is 0.425. The first-order valence-corrected chi connectivity index (χ1v) is 8.65. The normalized spacial score (nSPS) is 30.8. The molecule has 2 nitrogen and oxygen atoms in total. The number of hydrogen-bond acceptors (Lipinski definition) is 1. The predicted molar refractivity (Wildman–Crippen MR) is 79.3 cm³/mol. The average molecular weight is 349 g/mol. The second-order valence-corrected chi connectivity index (χ2v) is 6.82. The number of halogens is 1. The van der Waals surface area contributed by atoms with E-state index in [0.717, 1.165) is 31.2 Å². The van der Waals surface area contributed by atoms with Crippen LogP contribution < -0.4 is 5.32 Å². The van der Waals surface area contributed by atoms with Crippen molar-refractivity contribution < 1.29 is 4.79 Å². The van der Waals surface area contributed by atoms with Crippen LogP contribution in [-0.4, -0.2) is 16.9 Å². The summed E-state index contributed by atoms with van der Waals surface area (Å²) in [5.41, 5.74) is 0. The highest BCUT2D eigenvalue weighted by Crippen LogP contribution is 2.49. The van der Waals surface area contributed by atoms with Crippen molar-refractivity contribution >= 4 is 28.5 Å². The molecular formula is C14H24INO. The summed E-state index contributed by atoms with van der Waals surface area (Å²) in [6, 6.07) is 0. The summed E-state index contributed by atoms with van der Waals surface area (Å²) < 4.78 is 1.23. The molecule has 0 heterocycles. The van der Waals surface area contributed by atoms with Crippen molar-refractivity contribution in [3.05, 3.63) is 0 Å². The smallest absolute Gasteiger partial charge is 0.220 e. The highest BCUT2D eigenvalue weighted by molar-refractivity contribution is 14.1. The topological polar surface area (TPSA) is 29.1 Å². The van der Waals surface area contributed by atoms with Crippen LogP contribution in [0, 0.1) is 17.8 Å². The van der Waals surface area contributed by atoms with Gasteiger partial charge in [-0.25, -0.2) is 0 Å². The van der Waals surface area contributed by atoms with E-state index in [1.165, 1.54) is 43.0 Å². The van der Waals surface area contributed by atoms with Crippen molar-refractivity contribution in [2.24, 2.45) is 17.8 Å². The third-order valence-corrected chi connectivity index (χ3v) is 5.23. The van der Waals surface area contributed by atoms with Crippen LogP contribution in [0.15, 0.2) is 0 Å². The Morgan fingerprint density at radius 1 is 1.18 bits per heavy atom. The van der Waals surface area contributed by atoms with Crippen molar-refractivity contribution in [2.45, 2.75) is 51.4 Å². The Bertz CT molecular complexity index is 257. The molecule has 3 heteroatoms. The van der Waals surface area contributed by atoms with E-state index in [4.69, 9.17) is 0 Å². The molecule has 2 aliphatic rings. The second-order valence-electron chi connectivity index (χ2n) is 5.74. The number of alkyl halides is 1. The van der Waals surface area contributed by atoms with Gasteiger partial charge in [-0.2, -0.15) is 0 Å². The van der Waals surface area contributed by atoms with E-state index in [0.29, 0.717) is 11.8 Å². The number of rotatable bonds is 7. The Balaban J connectivity index is 1.55. The number of amides is 1. The van der Waals surface area contributed by atoms with E-state index in [1.54, 1.807) is 0 Å². The molecule has 0 spiro atoms. The number of hydrogen-bond donors (Lipinski definition) is 1. The van der Waals surface area contributed by atoms with Gasteiger partial charge >= 0.3 is 0 Å². The fourth-order valence-electron chi connectivity index (χ4n) is 3.56. The third kappa shape index (κ3) is 4.11. The first-order chi connectivity index (χ1) is 8.29. The highest BCUT2D eigenvalue weighted by Gasteiger charge is 2.39. The molecule has 98 valence electrons. The summed E-state index contributed by atoms with van der Waals surface area (Å²) in [7, 11) is 0. The van der Waals surface area contributed by atoms with E-state index < -0.39 is 0 Å². The van der Waals surface area contributed by atoms with Crippen LogP contribution in [0.25, 0.3) is 0 Å². The molecule has 2 rings (SSSR count). The number of unbranched alkanes of at least 4 members (excludes halogenated alkanes) is 2. The van der Waals surface area contributed by atoms with E-state index in [9.17, 15) is 4.79 Å². The lowest BCUT2D eigenvalue weighted by Crippen LogP contribution is -2.28. The van der Waals surface area contributed by atoms with Gasteiger partial charge in [0.1, 0.15) is 0 Å². The molecule has 0 aromatic rings. The van der Waals surface area contributed by atoms with Crippen LogP contribution in [0.5, 0.6) is 0 Å². The molecule has 17 heavy (non-hydrogen) atoms.